The molecular formula is C15H19ClN2O2. The van der Waals surface area contributed by atoms with Crippen LogP contribution in [0.2, 0.25) is 5.02 Å². The summed E-state index contributed by atoms with van der Waals surface area (Å²) in [5, 5.41) is 3.48. The predicted molar refractivity (Wildman–Crippen MR) is 78.6 cm³/mol. The summed E-state index contributed by atoms with van der Waals surface area (Å²) in [5.41, 5.74) is 1.11. The van der Waals surface area contributed by atoms with E-state index in [0.29, 0.717) is 11.6 Å². The molecule has 1 aromatic rings. The van der Waals surface area contributed by atoms with Crippen molar-refractivity contribution in [2.75, 3.05) is 19.6 Å². The van der Waals surface area contributed by atoms with Gasteiger partial charge >= 0.3 is 0 Å². The van der Waals surface area contributed by atoms with Crippen molar-refractivity contribution in [3.63, 3.8) is 0 Å². The third kappa shape index (κ3) is 4.53. The number of nitrogens with one attached hydrogen (secondary N) is 1. The Morgan fingerprint density at radius 3 is 2.45 bits per heavy atom. The van der Waals surface area contributed by atoms with Gasteiger partial charge in [-0.2, -0.15) is 0 Å². The minimum atomic E-state index is -0.198. The van der Waals surface area contributed by atoms with Gasteiger partial charge in [0.2, 0.25) is 11.8 Å². The Bertz CT molecular complexity index is 467. The molecule has 0 spiro atoms. The molecule has 1 N–H and O–H groups in total. The van der Waals surface area contributed by atoms with E-state index < -0.39 is 0 Å². The molecule has 108 valence electrons. The van der Waals surface area contributed by atoms with Crippen LogP contribution in [0.1, 0.15) is 24.8 Å². The van der Waals surface area contributed by atoms with E-state index in [1.807, 2.05) is 24.3 Å². The van der Waals surface area contributed by atoms with Crippen LogP contribution in [0.15, 0.2) is 24.3 Å². The minimum absolute atomic E-state index is 0.0411. The number of hydrogen-bond acceptors (Lipinski definition) is 2. The maximum atomic E-state index is 11.8. The van der Waals surface area contributed by atoms with Crippen molar-refractivity contribution in [1.82, 2.24) is 10.2 Å². The monoisotopic (exact) mass is 294 g/mol. The van der Waals surface area contributed by atoms with Crippen molar-refractivity contribution in [3.05, 3.63) is 34.9 Å². The molecule has 4 nitrogen and oxygen atoms in total. The SMILES string of the molecule is O=C(CC(=O)N1CCCC1)NCCc1ccc(Cl)cc1. The fraction of sp³-hybridized carbons (Fsp3) is 0.467. The summed E-state index contributed by atoms with van der Waals surface area (Å²) in [6.07, 6.45) is 2.79. The van der Waals surface area contributed by atoms with E-state index in [1.165, 1.54) is 0 Å². The van der Waals surface area contributed by atoms with E-state index in [4.69, 9.17) is 11.6 Å². The number of benzene rings is 1. The second-order valence-corrected chi connectivity index (χ2v) is 5.43. The highest BCUT2D eigenvalue weighted by atomic mass is 35.5. The van der Waals surface area contributed by atoms with E-state index in [2.05, 4.69) is 5.32 Å². The Morgan fingerprint density at radius 2 is 1.80 bits per heavy atom. The Hall–Kier alpha value is -1.55. The zero-order valence-electron chi connectivity index (χ0n) is 11.4. The van der Waals surface area contributed by atoms with Crippen LogP contribution in [0.3, 0.4) is 0 Å². The molecule has 0 bridgehead atoms. The summed E-state index contributed by atoms with van der Waals surface area (Å²) in [6, 6.07) is 7.53. The maximum absolute atomic E-state index is 11.8. The quantitative estimate of drug-likeness (QED) is 0.845. The van der Waals surface area contributed by atoms with Gasteiger partial charge in [-0.1, -0.05) is 23.7 Å². The molecule has 2 amide bonds. The van der Waals surface area contributed by atoms with E-state index in [0.717, 1.165) is 37.9 Å². The number of rotatable bonds is 5. The lowest BCUT2D eigenvalue weighted by molar-refractivity contribution is -0.135. The number of carbonyl (C=O) groups is 2. The second kappa shape index (κ2) is 7.29. The van der Waals surface area contributed by atoms with Gasteiger partial charge in [0.25, 0.3) is 0 Å². The standard InChI is InChI=1S/C15H19ClN2O2/c16-13-5-3-12(4-6-13)7-8-17-14(19)11-15(20)18-9-1-2-10-18/h3-6H,1-2,7-11H2,(H,17,19). The molecule has 1 aromatic carbocycles. The Labute approximate surface area is 124 Å². The molecule has 0 aliphatic carbocycles. The molecule has 0 saturated carbocycles. The van der Waals surface area contributed by atoms with Gasteiger partial charge in [-0.05, 0) is 37.0 Å². The van der Waals surface area contributed by atoms with Gasteiger partial charge in [0, 0.05) is 24.7 Å². The van der Waals surface area contributed by atoms with Crippen molar-refractivity contribution >= 4 is 23.4 Å². The van der Waals surface area contributed by atoms with E-state index in [1.54, 1.807) is 4.90 Å². The summed E-state index contributed by atoms with van der Waals surface area (Å²) < 4.78 is 0. The van der Waals surface area contributed by atoms with Gasteiger partial charge < -0.3 is 10.2 Å². The molecule has 1 saturated heterocycles. The van der Waals surface area contributed by atoms with Crippen LogP contribution in [0.5, 0.6) is 0 Å². The number of likely N-dealkylation sites (tertiary alicyclic amines) is 1. The molecular weight excluding hydrogens is 276 g/mol. The first-order valence-corrected chi connectivity index (χ1v) is 7.32. The fourth-order valence-corrected chi connectivity index (χ4v) is 2.40. The normalized spacial score (nSPS) is 14.3. The van der Waals surface area contributed by atoms with Gasteiger partial charge in [-0.25, -0.2) is 0 Å². The second-order valence-electron chi connectivity index (χ2n) is 4.99. The zero-order valence-corrected chi connectivity index (χ0v) is 12.2. The fourth-order valence-electron chi connectivity index (χ4n) is 2.28. The van der Waals surface area contributed by atoms with Crippen molar-refractivity contribution < 1.29 is 9.59 Å². The van der Waals surface area contributed by atoms with E-state index in [-0.39, 0.29) is 18.2 Å². The lowest BCUT2D eigenvalue weighted by atomic mass is 10.1. The summed E-state index contributed by atoms with van der Waals surface area (Å²) in [7, 11) is 0. The topological polar surface area (TPSA) is 49.4 Å². The van der Waals surface area contributed by atoms with Crippen LogP contribution in [0.25, 0.3) is 0 Å². The first-order chi connectivity index (χ1) is 9.65. The summed E-state index contributed by atoms with van der Waals surface area (Å²) in [6.45, 7) is 2.11. The number of amides is 2. The molecule has 0 aromatic heterocycles. The van der Waals surface area contributed by atoms with Crippen LogP contribution in [-0.4, -0.2) is 36.3 Å². The molecule has 0 atom stereocenters. The van der Waals surface area contributed by atoms with Crippen LogP contribution in [0, 0.1) is 0 Å². The van der Waals surface area contributed by atoms with Crippen LogP contribution >= 0.6 is 11.6 Å². The molecule has 1 fully saturated rings. The summed E-state index contributed by atoms with van der Waals surface area (Å²) in [4.78, 5) is 25.2. The molecule has 1 heterocycles. The first kappa shape index (κ1) is 14.9. The number of halogens is 1. The lowest BCUT2D eigenvalue weighted by Gasteiger charge is -2.14. The van der Waals surface area contributed by atoms with Gasteiger partial charge in [0.05, 0.1) is 0 Å². The van der Waals surface area contributed by atoms with Crippen LogP contribution in [0.4, 0.5) is 0 Å². The Morgan fingerprint density at radius 1 is 1.15 bits per heavy atom. The van der Waals surface area contributed by atoms with Crippen molar-refractivity contribution in [3.8, 4) is 0 Å². The summed E-state index contributed by atoms with van der Waals surface area (Å²) in [5.74, 6) is -0.262. The van der Waals surface area contributed by atoms with Gasteiger partial charge in [0.1, 0.15) is 6.42 Å². The highest BCUT2D eigenvalue weighted by molar-refractivity contribution is 6.30. The average molecular weight is 295 g/mol. The van der Waals surface area contributed by atoms with Crippen molar-refractivity contribution in [2.45, 2.75) is 25.7 Å². The molecule has 1 aliphatic heterocycles. The molecule has 20 heavy (non-hydrogen) atoms. The molecule has 1 aliphatic rings. The predicted octanol–water partition coefficient (Wildman–Crippen LogP) is 2.01. The van der Waals surface area contributed by atoms with Gasteiger partial charge in [-0.15, -0.1) is 0 Å². The van der Waals surface area contributed by atoms with Crippen LogP contribution < -0.4 is 5.32 Å². The molecule has 0 radical (unpaired) electrons. The van der Waals surface area contributed by atoms with E-state index >= 15 is 0 Å². The largest absolute Gasteiger partial charge is 0.355 e. The maximum Gasteiger partial charge on any atom is 0.232 e. The third-order valence-electron chi connectivity index (χ3n) is 3.42. The zero-order chi connectivity index (χ0) is 14.4. The molecule has 0 unspecified atom stereocenters. The average Bonchev–Trinajstić information content (AvgIpc) is 2.95. The lowest BCUT2D eigenvalue weighted by Crippen LogP contribution is -2.34. The number of hydrogen-bond donors (Lipinski definition) is 1. The van der Waals surface area contributed by atoms with Gasteiger partial charge in [-0.3, -0.25) is 9.59 Å². The summed E-state index contributed by atoms with van der Waals surface area (Å²) >= 11 is 5.80. The highest BCUT2D eigenvalue weighted by Crippen LogP contribution is 2.10. The molecule has 5 heteroatoms. The molecule has 2 rings (SSSR count). The van der Waals surface area contributed by atoms with Crippen molar-refractivity contribution in [2.24, 2.45) is 0 Å². The third-order valence-corrected chi connectivity index (χ3v) is 3.67. The highest BCUT2D eigenvalue weighted by Gasteiger charge is 2.19. The smallest absolute Gasteiger partial charge is 0.232 e. The Balaban J connectivity index is 1.67. The van der Waals surface area contributed by atoms with Crippen molar-refractivity contribution in [1.29, 1.82) is 0 Å². The van der Waals surface area contributed by atoms with Crippen LogP contribution in [-0.2, 0) is 16.0 Å². The first-order valence-electron chi connectivity index (χ1n) is 6.94. The number of nitrogens with zero attached hydrogens (tertiary/aromatic N) is 1. The number of carbonyl (C=O) groups excluding carboxylic acids is 2. The van der Waals surface area contributed by atoms with E-state index in [9.17, 15) is 9.59 Å². The van der Waals surface area contributed by atoms with Gasteiger partial charge in [0.15, 0.2) is 0 Å². The minimum Gasteiger partial charge on any atom is -0.355 e. The Kier molecular flexibility index (Phi) is 5.41.